The summed E-state index contributed by atoms with van der Waals surface area (Å²) in [5.74, 6) is 0.832. The van der Waals surface area contributed by atoms with Crippen molar-refractivity contribution in [2.45, 2.75) is 12.6 Å². The van der Waals surface area contributed by atoms with Crippen molar-refractivity contribution in [3.05, 3.63) is 42.5 Å². The Morgan fingerprint density at radius 3 is 2.72 bits per heavy atom. The van der Waals surface area contributed by atoms with E-state index in [4.69, 9.17) is 9.47 Å². The standard InChI is InChI=1S/C14H21NO3/c1-3-8-18-14-6-4-12(5-7-14)9-15-10-13(16)11-17-2/h3-7,13,15-16H,1,8-11H2,2H3. The van der Waals surface area contributed by atoms with Gasteiger partial charge >= 0.3 is 0 Å². The summed E-state index contributed by atoms with van der Waals surface area (Å²) in [4.78, 5) is 0. The van der Waals surface area contributed by atoms with E-state index in [0.717, 1.165) is 11.3 Å². The van der Waals surface area contributed by atoms with Crippen LogP contribution in [0.15, 0.2) is 36.9 Å². The molecule has 4 heteroatoms. The molecule has 0 radical (unpaired) electrons. The average Bonchev–Trinajstić information content (AvgIpc) is 2.38. The van der Waals surface area contributed by atoms with Gasteiger partial charge in [-0.05, 0) is 17.7 Å². The van der Waals surface area contributed by atoms with Gasteiger partial charge in [-0.25, -0.2) is 0 Å². The largest absolute Gasteiger partial charge is 0.490 e. The fourth-order valence-electron chi connectivity index (χ4n) is 1.49. The van der Waals surface area contributed by atoms with Crippen LogP contribution >= 0.6 is 0 Å². The molecule has 2 N–H and O–H groups in total. The van der Waals surface area contributed by atoms with E-state index in [1.807, 2.05) is 24.3 Å². The fraction of sp³-hybridized carbons (Fsp3) is 0.429. The molecule has 0 saturated carbocycles. The minimum absolute atomic E-state index is 0.349. The van der Waals surface area contributed by atoms with Crippen LogP contribution in [0.2, 0.25) is 0 Å². The van der Waals surface area contributed by atoms with Gasteiger partial charge in [-0.2, -0.15) is 0 Å². The zero-order valence-electron chi connectivity index (χ0n) is 10.8. The number of hydrogen-bond donors (Lipinski definition) is 2. The summed E-state index contributed by atoms with van der Waals surface area (Å²) in [5, 5.41) is 12.6. The molecule has 0 amide bonds. The highest BCUT2D eigenvalue weighted by atomic mass is 16.5. The molecule has 0 aliphatic carbocycles. The molecule has 0 bridgehead atoms. The van der Waals surface area contributed by atoms with Crippen molar-refractivity contribution in [3.8, 4) is 5.75 Å². The Bertz CT molecular complexity index is 337. The quantitative estimate of drug-likeness (QED) is 0.650. The van der Waals surface area contributed by atoms with Crippen molar-refractivity contribution in [1.29, 1.82) is 0 Å². The van der Waals surface area contributed by atoms with Gasteiger partial charge in [-0.15, -0.1) is 0 Å². The smallest absolute Gasteiger partial charge is 0.119 e. The van der Waals surface area contributed by atoms with Crippen LogP contribution in [-0.4, -0.2) is 38.1 Å². The molecule has 1 unspecified atom stereocenters. The van der Waals surface area contributed by atoms with Crippen molar-refractivity contribution < 1.29 is 14.6 Å². The van der Waals surface area contributed by atoms with Crippen LogP contribution in [0, 0.1) is 0 Å². The van der Waals surface area contributed by atoms with Crippen molar-refractivity contribution in [3.63, 3.8) is 0 Å². The number of methoxy groups -OCH3 is 1. The number of aliphatic hydroxyl groups is 1. The number of benzene rings is 1. The lowest BCUT2D eigenvalue weighted by molar-refractivity contribution is 0.0644. The van der Waals surface area contributed by atoms with Crippen LogP contribution in [0.1, 0.15) is 5.56 Å². The third-order valence-corrected chi connectivity index (χ3v) is 2.36. The molecule has 0 aromatic heterocycles. The zero-order chi connectivity index (χ0) is 13.2. The van der Waals surface area contributed by atoms with Gasteiger partial charge in [0.15, 0.2) is 0 Å². The van der Waals surface area contributed by atoms with Gasteiger partial charge < -0.3 is 19.9 Å². The maximum atomic E-state index is 9.45. The minimum Gasteiger partial charge on any atom is -0.490 e. The first-order chi connectivity index (χ1) is 8.76. The third-order valence-electron chi connectivity index (χ3n) is 2.36. The molecule has 0 heterocycles. The van der Waals surface area contributed by atoms with Crippen LogP contribution in [-0.2, 0) is 11.3 Å². The summed E-state index contributed by atoms with van der Waals surface area (Å²) in [6.45, 7) is 5.69. The van der Waals surface area contributed by atoms with Crippen molar-refractivity contribution in [1.82, 2.24) is 5.32 Å². The van der Waals surface area contributed by atoms with Gasteiger partial charge in [0.05, 0.1) is 12.7 Å². The van der Waals surface area contributed by atoms with Crippen LogP contribution in [0.3, 0.4) is 0 Å². The number of nitrogens with one attached hydrogen (secondary N) is 1. The highest BCUT2D eigenvalue weighted by Crippen LogP contribution is 2.11. The molecule has 18 heavy (non-hydrogen) atoms. The Labute approximate surface area is 108 Å². The second kappa shape index (κ2) is 8.69. The number of hydrogen-bond acceptors (Lipinski definition) is 4. The first kappa shape index (κ1) is 14.7. The van der Waals surface area contributed by atoms with Crippen LogP contribution in [0.25, 0.3) is 0 Å². The van der Waals surface area contributed by atoms with E-state index >= 15 is 0 Å². The summed E-state index contributed by atoms with van der Waals surface area (Å²) in [5.41, 5.74) is 1.14. The Kier molecular flexibility index (Phi) is 7.10. The average molecular weight is 251 g/mol. The number of ether oxygens (including phenoxy) is 2. The van der Waals surface area contributed by atoms with E-state index in [1.54, 1.807) is 13.2 Å². The van der Waals surface area contributed by atoms with Gasteiger partial charge in [-0.1, -0.05) is 24.8 Å². The molecule has 0 aliphatic rings. The highest BCUT2D eigenvalue weighted by molar-refractivity contribution is 5.27. The molecular formula is C14H21NO3. The Morgan fingerprint density at radius 1 is 1.39 bits per heavy atom. The molecule has 0 fully saturated rings. The summed E-state index contributed by atoms with van der Waals surface area (Å²) < 4.78 is 10.2. The first-order valence-corrected chi connectivity index (χ1v) is 5.96. The molecule has 0 aliphatic heterocycles. The fourth-order valence-corrected chi connectivity index (χ4v) is 1.49. The van der Waals surface area contributed by atoms with Crippen molar-refractivity contribution >= 4 is 0 Å². The molecule has 1 rings (SSSR count). The van der Waals surface area contributed by atoms with E-state index in [1.165, 1.54) is 0 Å². The number of aliphatic hydroxyl groups excluding tert-OH is 1. The van der Waals surface area contributed by atoms with Crippen LogP contribution in [0.4, 0.5) is 0 Å². The minimum atomic E-state index is -0.467. The lowest BCUT2D eigenvalue weighted by Gasteiger charge is -2.11. The van der Waals surface area contributed by atoms with Gasteiger partial charge in [0.25, 0.3) is 0 Å². The topological polar surface area (TPSA) is 50.7 Å². The Hall–Kier alpha value is -1.36. The van der Waals surface area contributed by atoms with Crippen LogP contribution < -0.4 is 10.1 Å². The number of rotatable bonds is 9. The summed E-state index contributed by atoms with van der Waals surface area (Å²) >= 11 is 0. The van der Waals surface area contributed by atoms with E-state index in [9.17, 15) is 5.11 Å². The molecule has 4 nitrogen and oxygen atoms in total. The third kappa shape index (κ3) is 5.82. The Balaban J connectivity index is 2.28. The molecule has 1 aromatic rings. The van der Waals surface area contributed by atoms with Gasteiger partial charge in [0.1, 0.15) is 12.4 Å². The van der Waals surface area contributed by atoms with Crippen molar-refractivity contribution in [2.24, 2.45) is 0 Å². The Morgan fingerprint density at radius 2 is 2.11 bits per heavy atom. The van der Waals surface area contributed by atoms with Gasteiger partial charge in [-0.3, -0.25) is 0 Å². The predicted molar refractivity (Wildman–Crippen MR) is 71.7 cm³/mol. The molecule has 1 aromatic carbocycles. The molecular weight excluding hydrogens is 230 g/mol. The van der Waals surface area contributed by atoms with Crippen LogP contribution in [0.5, 0.6) is 5.75 Å². The van der Waals surface area contributed by atoms with Gasteiger partial charge in [0, 0.05) is 20.2 Å². The summed E-state index contributed by atoms with van der Waals surface area (Å²) in [6.07, 6.45) is 1.25. The van der Waals surface area contributed by atoms with E-state index in [2.05, 4.69) is 11.9 Å². The second-order valence-electron chi connectivity index (χ2n) is 3.98. The normalized spacial score (nSPS) is 12.1. The second-order valence-corrected chi connectivity index (χ2v) is 3.98. The summed E-state index contributed by atoms with van der Waals surface area (Å²) in [6, 6.07) is 7.83. The van der Waals surface area contributed by atoms with E-state index in [0.29, 0.717) is 26.3 Å². The maximum absolute atomic E-state index is 9.45. The van der Waals surface area contributed by atoms with E-state index in [-0.39, 0.29) is 0 Å². The SMILES string of the molecule is C=CCOc1ccc(CNCC(O)COC)cc1. The molecule has 0 spiro atoms. The lowest BCUT2D eigenvalue weighted by Crippen LogP contribution is -2.29. The zero-order valence-corrected chi connectivity index (χ0v) is 10.8. The predicted octanol–water partition coefficient (Wildman–Crippen LogP) is 1.35. The first-order valence-electron chi connectivity index (χ1n) is 5.96. The monoisotopic (exact) mass is 251 g/mol. The maximum Gasteiger partial charge on any atom is 0.119 e. The molecule has 1 atom stereocenters. The summed E-state index contributed by atoms with van der Waals surface area (Å²) in [7, 11) is 1.57. The van der Waals surface area contributed by atoms with Crippen molar-refractivity contribution in [2.75, 3.05) is 26.9 Å². The highest BCUT2D eigenvalue weighted by Gasteiger charge is 2.02. The van der Waals surface area contributed by atoms with E-state index < -0.39 is 6.10 Å². The van der Waals surface area contributed by atoms with Gasteiger partial charge in [0.2, 0.25) is 0 Å². The lowest BCUT2D eigenvalue weighted by atomic mass is 10.2. The molecule has 100 valence electrons. The molecule has 0 saturated heterocycles.